The Morgan fingerprint density at radius 3 is 2.50 bits per heavy atom. The second kappa shape index (κ2) is 6.57. The second-order valence-corrected chi connectivity index (χ2v) is 5.65. The highest BCUT2D eigenvalue weighted by Crippen LogP contribution is 2.22. The third kappa shape index (κ3) is 3.51. The molecule has 5 heteroatoms. The van der Waals surface area contributed by atoms with Crippen LogP contribution in [-0.4, -0.2) is 36.1 Å². The van der Waals surface area contributed by atoms with Gasteiger partial charge in [-0.3, -0.25) is 4.79 Å². The Bertz CT molecular complexity index is 455. The number of ether oxygens (including phenoxy) is 1. The SMILES string of the molecule is CCN(Cc1ccc(Cl)cc1)C(=O)C1(N)CCOCC1. The maximum Gasteiger partial charge on any atom is 0.243 e. The zero-order valence-corrected chi connectivity index (χ0v) is 12.5. The molecule has 1 aliphatic heterocycles. The molecule has 20 heavy (non-hydrogen) atoms. The third-order valence-corrected chi connectivity index (χ3v) is 4.02. The molecule has 0 unspecified atom stereocenters. The zero-order chi connectivity index (χ0) is 14.6. The van der Waals surface area contributed by atoms with Crippen LogP contribution in [0.4, 0.5) is 0 Å². The van der Waals surface area contributed by atoms with E-state index in [0.29, 0.717) is 44.2 Å². The van der Waals surface area contributed by atoms with Crippen molar-refractivity contribution in [3.05, 3.63) is 34.9 Å². The minimum absolute atomic E-state index is 0.0123. The van der Waals surface area contributed by atoms with Crippen molar-refractivity contribution < 1.29 is 9.53 Å². The van der Waals surface area contributed by atoms with Gasteiger partial charge in [-0.15, -0.1) is 0 Å². The van der Waals surface area contributed by atoms with Crippen molar-refractivity contribution in [3.63, 3.8) is 0 Å². The Morgan fingerprint density at radius 1 is 1.35 bits per heavy atom. The van der Waals surface area contributed by atoms with E-state index >= 15 is 0 Å². The molecular formula is C15H21ClN2O2. The second-order valence-electron chi connectivity index (χ2n) is 5.21. The van der Waals surface area contributed by atoms with Crippen LogP contribution in [0.1, 0.15) is 25.3 Å². The Hall–Kier alpha value is -1.10. The van der Waals surface area contributed by atoms with E-state index in [-0.39, 0.29) is 5.91 Å². The average Bonchev–Trinajstić information content (AvgIpc) is 2.47. The lowest BCUT2D eigenvalue weighted by atomic mass is 9.89. The van der Waals surface area contributed by atoms with Gasteiger partial charge in [-0.25, -0.2) is 0 Å². The minimum Gasteiger partial charge on any atom is -0.381 e. The van der Waals surface area contributed by atoms with E-state index in [9.17, 15) is 4.79 Å². The summed E-state index contributed by atoms with van der Waals surface area (Å²) in [5, 5.41) is 0.697. The number of carbonyl (C=O) groups excluding carboxylic acids is 1. The minimum atomic E-state index is -0.777. The number of nitrogens with two attached hydrogens (primary N) is 1. The van der Waals surface area contributed by atoms with Gasteiger partial charge in [0.2, 0.25) is 5.91 Å². The number of rotatable bonds is 4. The predicted molar refractivity (Wildman–Crippen MR) is 79.5 cm³/mol. The van der Waals surface area contributed by atoms with Crippen LogP contribution in [0, 0.1) is 0 Å². The summed E-state index contributed by atoms with van der Waals surface area (Å²) in [6.45, 7) is 4.28. The monoisotopic (exact) mass is 296 g/mol. The van der Waals surface area contributed by atoms with Crippen molar-refractivity contribution in [1.29, 1.82) is 0 Å². The molecule has 1 heterocycles. The van der Waals surface area contributed by atoms with Gasteiger partial charge in [-0.1, -0.05) is 23.7 Å². The number of likely N-dealkylation sites (N-methyl/N-ethyl adjacent to an activating group) is 1. The first-order chi connectivity index (χ1) is 9.55. The van der Waals surface area contributed by atoms with E-state index < -0.39 is 5.54 Å². The molecule has 0 aromatic heterocycles. The summed E-state index contributed by atoms with van der Waals surface area (Å²) in [5.74, 6) is 0.0123. The van der Waals surface area contributed by atoms with Gasteiger partial charge in [0.1, 0.15) is 0 Å². The summed E-state index contributed by atoms with van der Waals surface area (Å²) in [6, 6.07) is 7.54. The average molecular weight is 297 g/mol. The van der Waals surface area contributed by atoms with E-state index in [1.54, 1.807) is 4.90 Å². The first-order valence-corrected chi connectivity index (χ1v) is 7.33. The molecule has 1 aliphatic rings. The molecular weight excluding hydrogens is 276 g/mol. The third-order valence-electron chi connectivity index (χ3n) is 3.77. The molecule has 2 rings (SSSR count). The number of halogens is 1. The number of benzene rings is 1. The number of hydrogen-bond acceptors (Lipinski definition) is 3. The molecule has 1 aromatic carbocycles. The van der Waals surface area contributed by atoms with Crippen molar-refractivity contribution in [2.24, 2.45) is 5.73 Å². The normalized spacial score (nSPS) is 17.8. The number of amides is 1. The molecule has 0 spiro atoms. The van der Waals surface area contributed by atoms with Gasteiger partial charge in [0.05, 0.1) is 5.54 Å². The zero-order valence-electron chi connectivity index (χ0n) is 11.8. The van der Waals surface area contributed by atoms with Crippen LogP contribution < -0.4 is 5.73 Å². The number of hydrogen-bond donors (Lipinski definition) is 1. The largest absolute Gasteiger partial charge is 0.381 e. The molecule has 110 valence electrons. The summed E-state index contributed by atoms with van der Waals surface area (Å²) in [4.78, 5) is 14.4. The summed E-state index contributed by atoms with van der Waals surface area (Å²) in [5.41, 5.74) is 6.54. The fourth-order valence-electron chi connectivity index (χ4n) is 2.40. The number of nitrogens with zero attached hydrogens (tertiary/aromatic N) is 1. The number of carbonyl (C=O) groups is 1. The van der Waals surface area contributed by atoms with Gasteiger partial charge in [-0.05, 0) is 37.5 Å². The van der Waals surface area contributed by atoms with Crippen molar-refractivity contribution in [3.8, 4) is 0 Å². The molecule has 1 aromatic rings. The van der Waals surface area contributed by atoms with Crippen molar-refractivity contribution in [2.45, 2.75) is 31.8 Å². The van der Waals surface area contributed by atoms with E-state index in [4.69, 9.17) is 22.1 Å². The van der Waals surface area contributed by atoms with Crippen LogP contribution in [0.15, 0.2) is 24.3 Å². The fourth-order valence-corrected chi connectivity index (χ4v) is 2.53. The smallest absolute Gasteiger partial charge is 0.243 e. The molecule has 0 aliphatic carbocycles. The van der Waals surface area contributed by atoms with Crippen molar-refractivity contribution in [1.82, 2.24) is 4.90 Å². The van der Waals surface area contributed by atoms with Crippen LogP contribution in [0.3, 0.4) is 0 Å². The molecule has 1 amide bonds. The first-order valence-electron chi connectivity index (χ1n) is 6.95. The van der Waals surface area contributed by atoms with Crippen molar-refractivity contribution in [2.75, 3.05) is 19.8 Å². The lowest BCUT2D eigenvalue weighted by Crippen LogP contribution is -2.57. The highest BCUT2D eigenvalue weighted by molar-refractivity contribution is 6.30. The van der Waals surface area contributed by atoms with E-state index in [0.717, 1.165) is 5.56 Å². The maximum absolute atomic E-state index is 12.6. The molecule has 4 nitrogen and oxygen atoms in total. The molecule has 0 saturated carbocycles. The van der Waals surface area contributed by atoms with Crippen LogP contribution in [0.5, 0.6) is 0 Å². The van der Waals surface area contributed by atoms with Gasteiger partial charge in [0, 0.05) is 31.3 Å². The summed E-state index contributed by atoms with van der Waals surface area (Å²) in [6.07, 6.45) is 1.17. The summed E-state index contributed by atoms with van der Waals surface area (Å²) in [7, 11) is 0. The van der Waals surface area contributed by atoms with Crippen LogP contribution in [0.25, 0.3) is 0 Å². The highest BCUT2D eigenvalue weighted by atomic mass is 35.5. The van der Waals surface area contributed by atoms with Gasteiger partial charge < -0.3 is 15.4 Å². The van der Waals surface area contributed by atoms with Crippen LogP contribution in [-0.2, 0) is 16.1 Å². The molecule has 0 atom stereocenters. The quantitative estimate of drug-likeness (QED) is 0.927. The standard InChI is InChI=1S/C15H21ClN2O2/c1-2-18(11-12-3-5-13(16)6-4-12)14(19)15(17)7-9-20-10-8-15/h3-6H,2,7-11,17H2,1H3. The topological polar surface area (TPSA) is 55.6 Å². The Kier molecular flexibility index (Phi) is 5.02. The van der Waals surface area contributed by atoms with E-state index in [1.807, 2.05) is 31.2 Å². The van der Waals surface area contributed by atoms with Crippen molar-refractivity contribution >= 4 is 17.5 Å². The van der Waals surface area contributed by atoms with E-state index in [2.05, 4.69) is 0 Å². The first kappa shape index (κ1) is 15.3. The Morgan fingerprint density at radius 2 is 1.95 bits per heavy atom. The highest BCUT2D eigenvalue weighted by Gasteiger charge is 2.38. The van der Waals surface area contributed by atoms with Gasteiger partial charge in [0.25, 0.3) is 0 Å². The lowest BCUT2D eigenvalue weighted by molar-refractivity contribution is -0.141. The maximum atomic E-state index is 12.6. The van der Waals surface area contributed by atoms with Crippen LogP contribution >= 0.6 is 11.6 Å². The summed E-state index contributed by atoms with van der Waals surface area (Å²) >= 11 is 5.87. The molecule has 0 radical (unpaired) electrons. The van der Waals surface area contributed by atoms with Gasteiger partial charge >= 0.3 is 0 Å². The van der Waals surface area contributed by atoms with E-state index in [1.165, 1.54) is 0 Å². The van der Waals surface area contributed by atoms with Gasteiger partial charge in [-0.2, -0.15) is 0 Å². The molecule has 1 saturated heterocycles. The predicted octanol–water partition coefficient (Wildman–Crippen LogP) is 2.20. The van der Waals surface area contributed by atoms with Gasteiger partial charge in [0.15, 0.2) is 0 Å². The molecule has 2 N–H and O–H groups in total. The Balaban J connectivity index is 2.07. The molecule has 1 fully saturated rings. The molecule has 0 bridgehead atoms. The van der Waals surface area contributed by atoms with Crippen LogP contribution in [0.2, 0.25) is 5.02 Å². The Labute approximate surface area is 124 Å². The lowest BCUT2D eigenvalue weighted by Gasteiger charge is -2.36. The summed E-state index contributed by atoms with van der Waals surface area (Å²) < 4.78 is 5.29. The fraction of sp³-hybridized carbons (Fsp3) is 0.533.